The summed E-state index contributed by atoms with van der Waals surface area (Å²) in [6.45, 7) is 7.63. The van der Waals surface area contributed by atoms with E-state index >= 15 is 0 Å². The zero-order valence-electron chi connectivity index (χ0n) is 14.5. The number of β-amino-alcohol motifs (C(OH)–C–C–N with tert-alkyl or cyclic N) is 1. The van der Waals surface area contributed by atoms with Gasteiger partial charge in [0.1, 0.15) is 11.4 Å². The number of ether oxygens (including phenoxy) is 1. The van der Waals surface area contributed by atoms with Crippen LogP contribution in [0, 0.1) is 18.2 Å². The molecule has 1 aromatic carbocycles. The zero-order chi connectivity index (χ0) is 17.6. The van der Waals surface area contributed by atoms with Crippen LogP contribution in [-0.2, 0) is 4.74 Å². The molecule has 0 amide bonds. The largest absolute Gasteiger partial charge is 0.389 e. The maximum Gasteiger partial charge on any atom is 0.146 e. The summed E-state index contributed by atoms with van der Waals surface area (Å²) in [5, 5.41) is 10.2. The lowest BCUT2D eigenvalue weighted by atomic mass is 10.1. The molecule has 24 heavy (non-hydrogen) atoms. The summed E-state index contributed by atoms with van der Waals surface area (Å²) < 4.78 is 19.5. The Morgan fingerprint density at radius 1 is 1.33 bits per heavy atom. The molecule has 1 aliphatic rings. The van der Waals surface area contributed by atoms with Crippen LogP contribution in [0.4, 0.5) is 10.1 Å². The third-order valence-electron chi connectivity index (χ3n) is 4.61. The molecule has 1 aliphatic heterocycles. The molecule has 2 atom stereocenters. The summed E-state index contributed by atoms with van der Waals surface area (Å²) >= 11 is 0. The van der Waals surface area contributed by atoms with Crippen molar-refractivity contribution in [2.75, 3.05) is 44.2 Å². The van der Waals surface area contributed by atoms with E-state index in [4.69, 9.17) is 11.2 Å². The number of aliphatic hydroxyl groups is 1. The van der Waals surface area contributed by atoms with Gasteiger partial charge in [-0.25, -0.2) is 4.39 Å². The molecule has 4 nitrogen and oxygen atoms in total. The molecule has 0 radical (unpaired) electrons. The number of rotatable bonds is 7. The van der Waals surface area contributed by atoms with Crippen LogP contribution in [0.1, 0.15) is 20.3 Å². The lowest BCUT2D eigenvalue weighted by Gasteiger charge is -2.37. The van der Waals surface area contributed by atoms with Crippen LogP contribution in [0.15, 0.2) is 24.3 Å². The number of aliphatic hydroxyl groups excluding tert-OH is 1. The predicted octanol–water partition coefficient (Wildman–Crippen LogP) is 2.13. The van der Waals surface area contributed by atoms with Gasteiger partial charge in [0.05, 0.1) is 18.4 Å². The van der Waals surface area contributed by atoms with Crippen molar-refractivity contribution in [2.24, 2.45) is 0 Å². The van der Waals surface area contributed by atoms with Crippen molar-refractivity contribution in [2.45, 2.75) is 32.0 Å². The van der Waals surface area contributed by atoms with Crippen molar-refractivity contribution < 1.29 is 14.2 Å². The van der Waals surface area contributed by atoms with Gasteiger partial charge in [0.2, 0.25) is 0 Å². The maximum absolute atomic E-state index is 13.8. The Balaban J connectivity index is 1.77. The van der Waals surface area contributed by atoms with Gasteiger partial charge in [-0.1, -0.05) is 25.0 Å². The first-order chi connectivity index (χ1) is 11.5. The smallest absolute Gasteiger partial charge is 0.146 e. The van der Waals surface area contributed by atoms with Crippen molar-refractivity contribution in [3.63, 3.8) is 0 Å². The number of hydrogen-bond acceptors (Lipinski definition) is 4. The van der Waals surface area contributed by atoms with Gasteiger partial charge in [0.25, 0.3) is 0 Å². The highest BCUT2D eigenvalue weighted by atomic mass is 19.1. The summed E-state index contributed by atoms with van der Waals surface area (Å²) in [5.41, 5.74) is 0.0265. The molecular weight excluding hydrogens is 307 g/mol. The van der Waals surface area contributed by atoms with E-state index in [1.807, 2.05) is 24.8 Å². The zero-order valence-corrected chi connectivity index (χ0v) is 14.5. The molecule has 2 rings (SSSR count). The van der Waals surface area contributed by atoms with Gasteiger partial charge >= 0.3 is 0 Å². The second-order valence-electron chi connectivity index (χ2n) is 6.43. The fourth-order valence-corrected chi connectivity index (χ4v) is 2.76. The molecule has 1 N–H and O–H groups in total. The van der Waals surface area contributed by atoms with Gasteiger partial charge < -0.3 is 14.7 Å². The van der Waals surface area contributed by atoms with E-state index in [0.717, 1.165) is 26.2 Å². The number of anilines is 1. The van der Waals surface area contributed by atoms with Crippen LogP contribution in [-0.4, -0.2) is 61.0 Å². The number of hydrogen-bond donors (Lipinski definition) is 1. The number of halogens is 1. The predicted molar refractivity (Wildman–Crippen MR) is 94.5 cm³/mol. The second-order valence-corrected chi connectivity index (χ2v) is 6.43. The average molecular weight is 334 g/mol. The lowest BCUT2D eigenvalue weighted by molar-refractivity contribution is -0.0473. The average Bonchev–Trinajstić information content (AvgIpc) is 2.61. The minimum Gasteiger partial charge on any atom is -0.389 e. The van der Waals surface area contributed by atoms with Gasteiger partial charge in [0.15, 0.2) is 0 Å². The molecule has 1 heterocycles. The molecule has 132 valence electrons. The summed E-state index contributed by atoms with van der Waals surface area (Å²) in [6.07, 6.45) is 5.59. The normalized spacial score (nSPS) is 19.5. The van der Waals surface area contributed by atoms with Crippen molar-refractivity contribution >= 4 is 5.69 Å². The minimum absolute atomic E-state index is 0.187. The fourth-order valence-electron chi connectivity index (χ4n) is 2.76. The Hall–Kier alpha value is -1.61. The SMILES string of the molecule is C#C[C@](C)(CC)OC[C@H](O)CN1CCN(c2ccccc2F)CC1. The molecule has 1 aromatic rings. The highest BCUT2D eigenvalue weighted by molar-refractivity contribution is 5.47. The molecule has 5 heteroatoms. The summed E-state index contributed by atoms with van der Waals surface area (Å²) in [4.78, 5) is 4.21. The van der Waals surface area contributed by atoms with Crippen molar-refractivity contribution in [1.29, 1.82) is 0 Å². The van der Waals surface area contributed by atoms with Crippen molar-refractivity contribution in [3.05, 3.63) is 30.1 Å². The van der Waals surface area contributed by atoms with E-state index in [0.29, 0.717) is 18.7 Å². The number of benzene rings is 1. The molecule has 0 aromatic heterocycles. The molecule has 0 unspecified atom stereocenters. The first-order valence-electron chi connectivity index (χ1n) is 8.49. The third kappa shape index (κ3) is 4.94. The van der Waals surface area contributed by atoms with Gasteiger partial charge in [-0.2, -0.15) is 0 Å². The van der Waals surface area contributed by atoms with Crippen LogP contribution < -0.4 is 4.90 Å². The Bertz CT molecular complexity index is 567. The molecular formula is C19H27FN2O2. The molecule has 1 fully saturated rings. The highest BCUT2D eigenvalue weighted by Gasteiger charge is 2.24. The first kappa shape index (κ1) is 18.7. The van der Waals surface area contributed by atoms with Crippen LogP contribution in [0.2, 0.25) is 0 Å². The van der Waals surface area contributed by atoms with Crippen LogP contribution in [0.5, 0.6) is 0 Å². The van der Waals surface area contributed by atoms with Crippen LogP contribution in [0.25, 0.3) is 0 Å². The quantitative estimate of drug-likeness (QED) is 0.775. The first-order valence-corrected chi connectivity index (χ1v) is 8.49. The fraction of sp³-hybridized carbons (Fsp3) is 0.579. The third-order valence-corrected chi connectivity index (χ3v) is 4.61. The molecule has 0 spiro atoms. The summed E-state index contributed by atoms with van der Waals surface area (Å²) in [7, 11) is 0. The van der Waals surface area contributed by atoms with E-state index < -0.39 is 11.7 Å². The Kier molecular flexibility index (Phi) is 6.61. The summed E-state index contributed by atoms with van der Waals surface area (Å²) in [5.74, 6) is 2.44. The van der Waals surface area contributed by atoms with Gasteiger partial charge in [-0.3, -0.25) is 4.90 Å². The second kappa shape index (κ2) is 8.48. The Morgan fingerprint density at radius 3 is 2.58 bits per heavy atom. The number of para-hydroxylation sites is 1. The van der Waals surface area contributed by atoms with Crippen LogP contribution >= 0.6 is 0 Å². The summed E-state index contributed by atoms with van der Waals surface area (Å²) in [6, 6.07) is 6.84. The standard InChI is InChI=1S/C19H27FN2O2/c1-4-19(3,5-2)24-15-16(23)14-21-10-12-22(13-11-21)18-9-7-6-8-17(18)20/h1,6-9,16,23H,5,10-15H2,2-3H3/t16-,19-/m1/s1. The Morgan fingerprint density at radius 2 is 2.00 bits per heavy atom. The number of terminal acetylenes is 1. The molecule has 0 bridgehead atoms. The van der Waals surface area contributed by atoms with E-state index in [1.54, 1.807) is 12.1 Å². The van der Waals surface area contributed by atoms with Crippen molar-refractivity contribution in [1.82, 2.24) is 4.90 Å². The molecule has 0 saturated carbocycles. The van der Waals surface area contributed by atoms with E-state index in [9.17, 15) is 9.50 Å². The van der Waals surface area contributed by atoms with Gasteiger partial charge in [-0.15, -0.1) is 6.42 Å². The minimum atomic E-state index is -0.621. The molecule has 1 saturated heterocycles. The molecule has 0 aliphatic carbocycles. The van der Waals surface area contributed by atoms with E-state index in [1.165, 1.54) is 6.07 Å². The number of piperazine rings is 1. The maximum atomic E-state index is 13.8. The topological polar surface area (TPSA) is 35.9 Å². The van der Waals surface area contributed by atoms with Crippen molar-refractivity contribution in [3.8, 4) is 12.3 Å². The highest BCUT2D eigenvalue weighted by Crippen LogP contribution is 2.20. The van der Waals surface area contributed by atoms with E-state index in [2.05, 4.69) is 10.8 Å². The van der Waals surface area contributed by atoms with Crippen LogP contribution in [0.3, 0.4) is 0 Å². The monoisotopic (exact) mass is 334 g/mol. The van der Waals surface area contributed by atoms with E-state index in [-0.39, 0.29) is 12.4 Å². The van der Waals surface area contributed by atoms with Gasteiger partial charge in [0, 0.05) is 32.7 Å². The lowest BCUT2D eigenvalue weighted by Crippen LogP contribution is -2.49. The Labute approximate surface area is 144 Å². The van der Waals surface area contributed by atoms with Gasteiger partial charge in [-0.05, 0) is 25.5 Å². The number of nitrogens with zero attached hydrogens (tertiary/aromatic N) is 2.